The third-order valence-corrected chi connectivity index (χ3v) is 5.07. The number of nitrogens with two attached hydrogens (primary N) is 1. The number of rotatable bonds is 12. The standard InChI is InChI=1S/C16H28N6O4P/c1-5-13(22-11-20-14-15(17)18-10-19-16(14)22)24-8-9-25-27(23)26-12(4)21(6-2)7-3/h10-13H,5-9H2,1-4H3,(H2,17,18,19)/q+1/t12?,13-/m0/s1. The summed E-state index contributed by atoms with van der Waals surface area (Å²) in [6, 6.07) is 0. The summed E-state index contributed by atoms with van der Waals surface area (Å²) in [4.78, 5) is 14.4. The summed E-state index contributed by atoms with van der Waals surface area (Å²) >= 11 is 0. The average molecular weight is 399 g/mol. The lowest BCUT2D eigenvalue weighted by Gasteiger charge is -2.20. The van der Waals surface area contributed by atoms with Crippen molar-refractivity contribution in [3.05, 3.63) is 12.7 Å². The first-order valence-corrected chi connectivity index (χ1v) is 10.2. The molecule has 27 heavy (non-hydrogen) atoms. The van der Waals surface area contributed by atoms with Crippen LogP contribution in [0.3, 0.4) is 0 Å². The molecule has 0 saturated heterocycles. The molecule has 0 aliphatic rings. The van der Waals surface area contributed by atoms with Gasteiger partial charge in [0.1, 0.15) is 24.7 Å². The number of hydrogen-bond acceptors (Lipinski definition) is 9. The van der Waals surface area contributed by atoms with Crippen LogP contribution >= 0.6 is 8.25 Å². The van der Waals surface area contributed by atoms with E-state index in [0.29, 0.717) is 23.4 Å². The van der Waals surface area contributed by atoms with E-state index in [9.17, 15) is 4.57 Å². The Kier molecular flexibility index (Phi) is 8.46. The fraction of sp³-hybridized carbons (Fsp3) is 0.688. The third-order valence-electron chi connectivity index (χ3n) is 4.20. The van der Waals surface area contributed by atoms with Gasteiger partial charge in [-0.3, -0.25) is 9.47 Å². The highest BCUT2D eigenvalue weighted by Crippen LogP contribution is 2.27. The van der Waals surface area contributed by atoms with Crippen LogP contribution in [-0.2, 0) is 18.3 Å². The second kappa shape index (κ2) is 10.6. The molecule has 0 aliphatic heterocycles. The topological polar surface area (TPSA) is 118 Å². The van der Waals surface area contributed by atoms with Crippen molar-refractivity contribution in [2.45, 2.75) is 46.6 Å². The van der Waals surface area contributed by atoms with Gasteiger partial charge in [-0.05, 0) is 26.4 Å². The largest absolute Gasteiger partial charge is 0.699 e. The van der Waals surface area contributed by atoms with E-state index in [1.807, 2.05) is 32.6 Å². The van der Waals surface area contributed by atoms with Gasteiger partial charge in [-0.2, -0.15) is 0 Å². The summed E-state index contributed by atoms with van der Waals surface area (Å²) in [6.07, 6.45) is 3.15. The highest BCUT2D eigenvalue weighted by Gasteiger charge is 2.27. The van der Waals surface area contributed by atoms with Crippen molar-refractivity contribution < 1.29 is 18.3 Å². The Hall–Kier alpha value is -1.71. The number of fused-ring (bicyclic) bond motifs is 1. The highest BCUT2D eigenvalue weighted by atomic mass is 31.1. The molecule has 0 fully saturated rings. The molecule has 150 valence electrons. The third kappa shape index (κ3) is 5.63. The summed E-state index contributed by atoms with van der Waals surface area (Å²) in [7, 11) is -2.20. The van der Waals surface area contributed by atoms with Gasteiger partial charge < -0.3 is 10.5 Å². The molecule has 0 amide bonds. The maximum atomic E-state index is 11.9. The first kappa shape index (κ1) is 21.6. The van der Waals surface area contributed by atoms with E-state index < -0.39 is 8.25 Å². The van der Waals surface area contributed by atoms with Gasteiger partial charge >= 0.3 is 8.25 Å². The number of anilines is 1. The van der Waals surface area contributed by atoms with E-state index in [1.165, 1.54) is 6.33 Å². The van der Waals surface area contributed by atoms with Crippen LogP contribution in [0.15, 0.2) is 12.7 Å². The number of ether oxygens (including phenoxy) is 1. The van der Waals surface area contributed by atoms with Crippen LogP contribution in [-0.4, -0.2) is 57.0 Å². The molecule has 2 aromatic heterocycles. The molecular formula is C16H28N6O4P+. The summed E-state index contributed by atoms with van der Waals surface area (Å²) in [5, 5.41) is 0. The van der Waals surface area contributed by atoms with E-state index in [4.69, 9.17) is 19.5 Å². The Bertz CT molecular complexity index is 739. The van der Waals surface area contributed by atoms with Crippen LogP contribution in [0.1, 0.15) is 40.3 Å². The minimum Gasteiger partial charge on any atom is -0.382 e. The normalized spacial score (nSPS) is 14.6. The summed E-state index contributed by atoms with van der Waals surface area (Å²) in [5.41, 5.74) is 6.96. The zero-order valence-corrected chi connectivity index (χ0v) is 17.1. The number of aromatic nitrogens is 4. The Labute approximate surface area is 160 Å². The first-order valence-electron chi connectivity index (χ1n) is 9.07. The van der Waals surface area contributed by atoms with Crippen molar-refractivity contribution in [2.24, 2.45) is 0 Å². The van der Waals surface area contributed by atoms with Crippen molar-refractivity contribution in [1.82, 2.24) is 24.4 Å². The molecule has 0 saturated carbocycles. The Morgan fingerprint density at radius 3 is 2.63 bits per heavy atom. The molecule has 3 atom stereocenters. The fourth-order valence-corrected chi connectivity index (χ4v) is 3.40. The van der Waals surface area contributed by atoms with Crippen molar-refractivity contribution >= 4 is 25.2 Å². The van der Waals surface area contributed by atoms with Crippen LogP contribution in [0.2, 0.25) is 0 Å². The summed E-state index contributed by atoms with van der Waals surface area (Å²) in [6.45, 7) is 9.91. The monoisotopic (exact) mass is 399 g/mol. The molecule has 2 rings (SSSR count). The predicted molar refractivity (Wildman–Crippen MR) is 102 cm³/mol. The molecule has 2 aromatic rings. The van der Waals surface area contributed by atoms with Gasteiger partial charge in [0.05, 0.1) is 12.9 Å². The molecule has 0 radical (unpaired) electrons. The predicted octanol–water partition coefficient (Wildman–Crippen LogP) is 2.71. The van der Waals surface area contributed by atoms with Crippen molar-refractivity contribution in [2.75, 3.05) is 32.0 Å². The lowest BCUT2D eigenvalue weighted by Crippen LogP contribution is -2.33. The smallest absolute Gasteiger partial charge is 0.382 e. The molecule has 2 N–H and O–H groups in total. The molecular weight excluding hydrogens is 371 g/mol. The number of imidazole rings is 1. The van der Waals surface area contributed by atoms with Crippen molar-refractivity contribution in [3.8, 4) is 0 Å². The molecule has 0 spiro atoms. The second-order valence-electron chi connectivity index (χ2n) is 5.80. The zero-order chi connectivity index (χ0) is 19.8. The Balaban J connectivity index is 1.83. The number of nitrogen functional groups attached to an aromatic ring is 1. The Morgan fingerprint density at radius 1 is 1.22 bits per heavy atom. The molecule has 11 heteroatoms. The van der Waals surface area contributed by atoms with Crippen LogP contribution in [0.5, 0.6) is 0 Å². The highest BCUT2D eigenvalue weighted by molar-refractivity contribution is 7.33. The van der Waals surface area contributed by atoms with Crippen LogP contribution < -0.4 is 5.73 Å². The SMILES string of the molecule is CC[C@H](OCCO[P+](=O)OC(C)N(CC)CC)n1cnc2c(N)ncnc21. The van der Waals surface area contributed by atoms with Gasteiger partial charge in [-0.1, -0.05) is 20.8 Å². The lowest BCUT2D eigenvalue weighted by atomic mass is 10.4. The summed E-state index contributed by atoms with van der Waals surface area (Å²) in [5.74, 6) is 0.327. The van der Waals surface area contributed by atoms with E-state index in [-0.39, 0.29) is 25.7 Å². The van der Waals surface area contributed by atoms with Crippen molar-refractivity contribution in [1.29, 1.82) is 0 Å². The molecule has 0 aliphatic carbocycles. The molecule has 10 nitrogen and oxygen atoms in total. The van der Waals surface area contributed by atoms with Crippen LogP contribution in [0, 0.1) is 0 Å². The fourth-order valence-electron chi connectivity index (χ4n) is 2.73. The molecule has 2 heterocycles. The van der Waals surface area contributed by atoms with E-state index >= 15 is 0 Å². The maximum absolute atomic E-state index is 11.9. The van der Waals surface area contributed by atoms with Crippen LogP contribution in [0.4, 0.5) is 5.82 Å². The minimum absolute atomic E-state index is 0.153. The van der Waals surface area contributed by atoms with Crippen molar-refractivity contribution in [3.63, 3.8) is 0 Å². The molecule has 0 bridgehead atoms. The van der Waals surface area contributed by atoms with Gasteiger partial charge in [0.25, 0.3) is 0 Å². The average Bonchev–Trinajstić information content (AvgIpc) is 3.08. The minimum atomic E-state index is -2.20. The molecule has 2 unspecified atom stereocenters. The maximum Gasteiger partial charge on any atom is 0.699 e. The van der Waals surface area contributed by atoms with Gasteiger partial charge in [-0.15, -0.1) is 9.05 Å². The van der Waals surface area contributed by atoms with E-state index in [0.717, 1.165) is 13.1 Å². The zero-order valence-electron chi connectivity index (χ0n) is 16.2. The van der Waals surface area contributed by atoms with E-state index in [1.54, 1.807) is 10.9 Å². The number of hydrogen-bond donors (Lipinski definition) is 1. The lowest BCUT2D eigenvalue weighted by molar-refractivity contribution is -0.0165. The number of nitrogens with zero attached hydrogens (tertiary/aromatic N) is 5. The van der Waals surface area contributed by atoms with Gasteiger partial charge in [0.2, 0.25) is 0 Å². The Morgan fingerprint density at radius 2 is 1.96 bits per heavy atom. The van der Waals surface area contributed by atoms with Gasteiger partial charge in [-0.25, -0.2) is 15.0 Å². The quantitative estimate of drug-likeness (QED) is 0.326. The molecule has 0 aromatic carbocycles. The summed E-state index contributed by atoms with van der Waals surface area (Å²) < 4.78 is 30.2. The van der Waals surface area contributed by atoms with Gasteiger partial charge in [0, 0.05) is 4.57 Å². The first-order chi connectivity index (χ1) is 13.0. The van der Waals surface area contributed by atoms with E-state index in [2.05, 4.69) is 15.0 Å². The van der Waals surface area contributed by atoms with Gasteiger partial charge in [0.15, 0.2) is 17.7 Å². The second-order valence-corrected chi connectivity index (χ2v) is 6.72. The van der Waals surface area contributed by atoms with Crippen LogP contribution in [0.25, 0.3) is 11.2 Å².